The van der Waals surface area contributed by atoms with E-state index in [4.69, 9.17) is 11.6 Å². The van der Waals surface area contributed by atoms with Crippen molar-refractivity contribution in [1.82, 2.24) is 0 Å². The van der Waals surface area contributed by atoms with Crippen molar-refractivity contribution in [3.05, 3.63) is 34.1 Å². The smallest absolute Gasteiger partial charge is 0.174 e. The SMILES string of the molecule is Cc1cc(C(=O)CBr)c(Cl)cc1F. The molecule has 0 spiro atoms. The average Bonchev–Trinajstić information content (AvgIpc) is 2.10. The lowest BCUT2D eigenvalue weighted by Crippen LogP contribution is -2.02. The molecule has 0 fully saturated rings. The summed E-state index contributed by atoms with van der Waals surface area (Å²) >= 11 is 8.72. The van der Waals surface area contributed by atoms with Gasteiger partial charge in [-0.15, -0.1) is 0 Å². The lowest BCUT2D eigenvalue weighted by Gasteiger charge is -2.03. The van der Waals surface area contributed by atoms with Gasteiger partial charge < -0.3 is 0 Å². The molecule has 1 aromatic rings. The number of carbonyl (C=O) groups excluding carboxylic acids is 1. The molecule has 4 heteroatoms. The average molecular weight is 266 g/mol. The minimum atomic E-state index is -0.392. The molecule has 70 valence electrons. The molecule has 1 rings (SSSR count). The van der Waals surface area contributed by atoms with Crippen molar-refractivity contribution in [3.63, 3.8) is 0 Å². The van der Waals surface area contributed by atoms with Gasteiger partial charge in [-0.25, -0.2) is 4.39 Å². The molecule has 0 atom stereocenters. The highest BCUT2D eigenvalue weighted by molar-refractivity contribution is 9.09. The van der Waals surface area contributed by atoms with Crippen molar-refractivity contribution < 1.29 is 9.18 Å². The van der Waals surface area contributed by atoms with Crippen LogP contribution >= 0.6 is 27.5 Å². The molecule has 0 unspecified atom stereocenters. The molecule has 0 N–H and O–H groups in total. The standard InChI is InChI=1S/C9H7BrClFO/c1-5-2-6(9(13)4-10)7(11)3-8(5)12/h2-3H,4H2,1H3. The van der Waals surface area contributed by atoms with Gasteiger partial charge in [0.25, 0.3) is 0 Å². The lowest BCUT2D eigenvalue weighted by molar-refractivity contribution is 0.102. The zero-order valence-corrected chi connectivity index (χ0v) is 9.25. The van der Waals surface area contributed by atoms with Crippen molar-refractivity contribution in [2.75, 3.05) is 5.33 Å². The fourth-order valence-electron chi connectivity index (χ4n) is 0.943. The van der Waals surface area contributed by atoms with Crippen LogP contribution in [0.4, 0.5) is 4.39 Å². The minimum Gasteiger partial charge on any atom is -0.293 e. The van der Waals surface area contributed by atoms with E-state index in [0.717, 1.165) is 6.07 Å². The number of halogens is 3. The highest BCUT2D eigenvalue weighted by Gasteiger charge is 2.11. The van der Waals surface area contributed by atoms with Gasteiger partial charge in [0.05, 0.1) is 10.4 Å². The van der Waals surface area contributed by atoms with Gasteiger partial charge in [-0.3, -0.25) is 4.79 Å². The van der Waals surface area contributed by atoms with E-state index in [-0.39, 0.29) is 16.1 Å². The van der Waals surface area contributed by atoms with E-state index in [9.17, 15) is 9.18 Å². The molecule has 0 amide bonds. The maximum Gasteiger partial charge on any atom is 0.174 e. The van der Waals surface area contributed by atoms with Crippen molar-refractivity contribution >= 4 is 33.3 Å². The molecule has 0 aromatic heterocycles. The molecule has 0 radical (unpaired) electrons. The number of alkyl halides is 1. The Balaban J connectivity index is 3.23. The zero-order chi connectivity index (χ0) is 10.0. The number of rotatable bonds is 2. The van der Waals surface area contributed by atoms with E-state index in [0.29, 0.717) is 11.1 Å². The van der Waals surface area contributed by atoms with Crippen molar-refractivity contribution in [2.45, 2.75) is 6.92 Å². The second-order valence-electron chi connectivity index (χ2n) is 2.64. The maximum atomic E-state index is 12.9. The summed E-state index contributed by atoms with van der Waals surface area (Å²) in [5.41, 5.74) is 0.783. The molecule has 0 aliphatic rings. The molecule has 0 bridgehead atoms. The summed E-state index contributed by atoms with van der Waals surface area (Å²) < 4.78 is 12.9. The Morgan fingerprint density at radius 3 is 2.77 bits per heavy atom. The Kier molecular flexibility index (Phi) is 3.45. The number of hydrogen-bond acceptors (Lipinski definition) is 1. The minimum absolute atomic E-state index is 0.145. The Bertz CT molecular complexity index is 352. The third-order valence-corrected chi connectivity index (χ3v) is 2.49. The van der Waals surface area contributed by atoms with Crippen molar-refractivity contribution in [2.24, 2.45) is 0 Å². The second-order valence-corrected chi connectivity index (χ2v) is 3.61. The first-order valence-corrected chi connectivity index (χ1v) is 5.11. The van der Waals surface area contributed by atoms with Gasteiger partial charge in [-0.1, -0.05) is 27.5 Å². The molecule has 1 aromatic carbocycles. The predicted molar refractivity (Wildman–Crippen MR) is 54.3 cm³/mol. The van der Waals surface area contributed by atoms with Gasteiger partial charge in [0, 0.05) is 5.56 Å². The molecular formula is C9H7BrClFO. The van der Waals surface area contributed by atoms with Crippen LogP contribution < -0.4 is 0 Å². The van der Waals surface area contributed by atoms with Crippen LogP contribution in [0.15, 0.2) is 12.1 Å². The first-order chi connectivity index (χ1) is 6.06. The van der Waals surface area contributed by atoms with Crippen LogP contribution in [0.1, 0.15) is 15.9 Å². The highest BCUT2D eigenvalue weighted by atomic mass is 79.9. The third kappa shape index (κ3) is 2.29. The fraction of sp³-hybridized carbons (Fsp3) is 0.222. The predicted octanol–water partition coefficient (Wildman–Crippen LogP) is 3.37. The second kappa shape index (κ2) is 4.20. The summed E-state index contributed by atoms with van der Waals surface area (Å²) in [5, 5.41) is 0.352. The molecule has 0 aliphatic heterocycles. The normalized spacial score (nSPS) is 10.2. The molecule has 0 saturated carbocycles. The number of Topliss-reactive ketones (excluding diaryl/α,β-unsaturated/α-hetero) is 1. The summed E-state index contributed by atoms with van der Waals surface area (Å²) in [5.74, 6) is -0.538. The Morgan fingerprint density at radius 1 is 1.62 bits per heavy atom. The van der Waals surface area contributed by atoms with E-state index < -0.39 is 5.82 Å². The molecule has 0 saturated heterocycles. The van der Waals surface area contributed by atoms with E-state index in [1.54, 1.807) is 6.92 Å². The van der Waals surface area contributed by atoms with Gasteiger partial charge in [0.2, 0.25) is 0 Å². The molecular weight excluding hydrogens is 258 g/mol. The Morgan fingerprint density at radius 2 is 2.23 bits per heavy atom. The van der Waals surface area contributed by atoms with Crippen LogP contribution in [-0.4, -0.2) is 11.1 Å². The molecule has 0 heterocycles. The van der Waals surface area contributed by atoms with Crippen LogP contribution in [0.2, 0.25) is 5.02 Å². The van der Waals surface area contributed by atoms with Gasteiger partial charge >= 0.3 is 0 Å². The number of aryl methyl sites for hydroxylation is 1. The summed E-state index contributed by atoms with van der Waals surface area (Å²) in [4.78, 5) is 11.2. The van der Waals surface area contributed by atoms with E-state index in [2.05, 4.69) is 15.9 Å². The molecule has 13 heavy (non-hydrogen) atoms. The summed E-state index contributed by atoms with van der Waals surface area (Å²) in [6.07, 6.45) is 0. The first-order valence-electron chi connectivity index (χ1n) is 3.61. The molecule has 0 aliphatic carbocycles. The summed E-state index contributed by atoms with van der Waals surface area (Å²) in [7, 11) is 0. The van der Waals surface area contributed by atoms with Crippen LogP contribution in [0, 0.1) is 12.7 Å². The van der Waals surface area contributed by atoms with Gasteiger partial charge in [0.1, 0.15) is 5.82 Å². The van der Waals surface area contributed by atoms with Crippen molar-refractivity contribution in [1.29, 1.82) is 0 Å². The topological polar surface area (TPSA) is 17.1 Å². The highest BCUT2D eigenvalue weighted by Crippen LogP contribution is 2.21. The monoisotopic (exact) mass is 264 g/mol. The quantitative estimate of drug-likeness (QED) is 0.592. The molecule has 1 nitrogen and oxygen atoms in total. The van der Waals surface area contributed by atoms with Gasteiger partial charge in [-0.2, -0.15) is 0 Å². The van der Waals surface area contributed by atoms with E-state index in [1.807, 2.05) is 0 Å². The number of hydrogen-bond donors (Lipinski definition) is 0. The number of ketones is 1. The van der Waals surface area contributed by atoms with Crippen LogP contribution in [0.3, 0.4) is 0 Å². The van der Waals surface area contributed by atoms with Crippen molar-refractivity contribution in [3.8, 4) is 0 Å². The fourth-order valence-corrected chi connectivity index (χ4v) is 1.50. The van der Waals surface area contributed by atoms with E-state index >= 15 is 0 Å². The van der Waals surface area contributed by atoms with Crippen LogP contribution in [-0.2, 0) is 0 Å². The number of carbonyl (C=O) groups is 1. The van der Waals surface area contributed by atoms with Gasteiger partial charge in [-0.05, 0) is 24.6 Å². The maximum absolute atomic E-state index is 12.9. The first kappa shape index (κ1) is 10.7. The summed E-state index contributed by atoms with van der Waals surface area (Å²) in [6.45, 7) is 1.59. The van der Waals surface area contributed by atoms with Gasteiger partial charge in [0.15, 0.2) is 5.78 Å². The Hall–Kier alpha value is -0.410. The Labute approximate surface area is 89.0 Å². The third-order valence-electron chi connectivity index (χ3n) is 1.67. The van der Waals surface area contributed by atoms with Crippen LogP contribution in [0.25, 0.3) is 0 Å². The van der Waals surface area contributed by atoms with E-state index in [1.165, 1.54) is 6.07 Å². The zero-order valence-electron chi connectivity index (χ0n) is 6.90. The summed E-state index contributed by atoms with van der Waals surface area (Å²) in [6, 6.07) is 2.62. The largest absolute Gasteiger partial charge is 0.293 e. The lowest BCUT2D eigenvalue weighted by atomic mass is 10.1. The number of benzene rings is 1. The van der Waals surface area contributed by atoms with Crippen LogP contribution in [0.5, 0.6) is 0 Å².